The number of aliphatic hydroxyl groups is 1. The Balaban J connectivity index is 1.34. The number of benzene rings is 2. The fourth-order valence-electron chi connectivity index (χ4n) is 4.83. The number of rotatable bonds is 8. The summed E-state index contributed by atoms with van der Waals surface area (Å²) < 4.78 is 23.5. The van der Waals surface area contributed by atoms with E-state index in [4.69, 9.17) is 4.74 Å². The van der Waals surface area contributed by atoms with Crippen LogP contribution in [0.1, 0.15) is 42.7 Å². The van der Waals surface area contributed by atoms with E-state index in [1.807, 2.05) is 0 Å². The maximum atomic E-state index is 15.0. The van der Waals surface area contributed by atoms with E-state index in [-0.39, 0.29) is 41.3 Å². The summed E-state index contributed by atoms with van der Waals surface area (Å²) in [6.07, 6.45) is 3.08. The molecule has 1 aliphatic heterocycles. The number of halogens is 1. The number of nitrogens with one attached hydrogen (secondary N) is 2. The summed E-state index contributed by atoms with van der Waals surface area (Å²) in [6, 6.07) is 13.7. The first-order chi connectivity index (χ1) is 20.5. The van der Waals surface area contributed by atoms with Gasteiger partial charge in [0.05, 0.1) is 23.5 Å². The van der Waals surface area contributed by atoms with Gasteiger partial charge in [-0.15, -0.1) is 0 Å². The molecule has 0 spiro atoms. The SMILES string of the molecule is Cc1c(C(=O)Nc2ccc(Oc3cc(NC(=O)N4CCCC4)ncn3)c(F)c2)c(=O)n(-c2ccccc2)n1CC(C)(C)O. The molecular weight excluding hydrogens is 557 g/mol. The van der Waals surface area contributed by atoms with Crippen molar-refractivity contribution < 1.29 is 23.8 Å². The molecule has 3 N–H and O–H groups in total. The van der Waals surface area contributed by atoms with Gasteiger partial charge < -0.3 is 20.1 Å². The van der Waals surface area contributed by atoms with Crippen LogP contribution in [0, 0.1) is 12.7 Å². The van der Waals surface area contributed by atoms with Crippen LogP contribution < -0.4 is 20.9 Å². The summed E-state index contributed by atoms with van der Waals surface area (Å²) in [6.45, 7) is 6.20. The second-order valence-corrected chi connectivity index (χ2v) is 10.9. The molecule has 0 aliphatic carbocycles. The van der Waals surface area contributed by atoms with E-state index in [9.17, 15) is 19.5 Å². The number of carbonyl (C=O) groups is 2. The second kappa shape index (κ2) is 12.1. The lowest BCUT2D eigenvalue weighted by molar-refractivity contribution is 0.0546. The minimum absolute atomic E-state index is 0.00708. The van der Waals surface area contributed by atoms with E-state index in [2.05, 4.69) is 20.6 Å². The second-order valence-electron chi connectivity index (χ2n) is 10.9. The normalized spacial score (nSPS) is 13.2. The molecule has 3 amide bonds. The number of hydrogen-bond acceptors (Lipinski definition) is 7. The molecule has 0 atom stereocenters. The molecular formula is C30H32FN7O5. The topological polar surface area (TPSA) is 144 Å². The standard InChI is InChI=1S/C30H32FN7O5/c1-19-26(28(40)38(21-9-5-4-6-10-21)37(19)17-30(2,3)42)27(39)34-20-11-12-23(22(31)15-20)43-25-16-24(32-18-33-25)35-29(41)36-13-7-8-14-36/h4-6,9-12,15-16,18,42H,7-8,13-14,17H2,1-3H3,(H,34,39)(H,32,33,35,41). The maximum Gasteiger partial charge on any atom is 0.323 e. The number of ether oxygens (including phenoxy) is 1. The van der Waals surface area contributed by atoms with Gasteiger partial charge in [0.15, 0.2) is 11.6 Å². The summed E-state index contributed by atoms with van der Waals surface area (Å²) in [5.74, 6) is -1.49. The highest BCUT2D eigenvalue weighted by atomic mass is 19.1. The average molecular weight is 590 g/mol. The number of urea groups is 1. The Morgan fingerprint density at radius 2 is 1.77 bits per heavy atom. The third kappa shape index (κ3) is 6.72. The molecule has 1 saturated heterocycles. The van der Waals surface area contributed by atoms with Gasteiger partial charge in [-0.05, 0) is 57.9 Å². The third-order valence-corrected chi connectivity index (χ3v) is 6.84. The number of aromatic nitrogens is 4. The van der Waals surface area contributed by atoms with E-state index in [1.54, 1.807) is 60.7 Å². The van der Waals surface area contributed by atoms with E-state index < -0.39 is 22.9 Å². The zero-order valence-corrected chi connectivity index (χ0v) is 24.0. The first-order valence-corrected chi connectivity index (χ1v) is 13.8. The van der Waals surface area contributed by atoms with Crippen LogP contribution in [0.15, 0.2) is 65.7 Å². The smallest absolute Gasteiger partial charge is 0.323 e. The van der Waals surface area contributed by atoms with Gasteiger partial charge in [0.1, 0.15) is 17.7 Å². The average Bonchev–Trinajstić information content (AvgIpc) is 3.57. The zero-order valence-electron chi connectivity index (χ0n) is 24.0. The van der Waals surface area contributed by atoms with Crippen molar-refractivity contribution in [3.05, 3.63) is 88.4 Å². The minimum Gasteiger partial charge on any atom is -0.436 e. The first-order valence-electron chi connectivity index (χ1n) is 13.8. The fourth-order valence-corrected chi connectivity index (χ4v) is 4.83. The molecule has 0 saturated carbocycles. The number of amides is 3. The van der Waals surface area contributed by atoms with Gasteiger partial charge in [-0.25, -0.2) is 23.8 Å². The van der Waals surface area contributed by atoms with Gasteiger partial charge in [-0.2, -0.15) is 0 Å². The van der Waals surface area contributed by atoms with Crippen molar-refractivity contribution in [2.45, 2.75) is 45.8 Å². The molecule has 0 unspecified atom stereocenters. The van der Waals surface area contributed by atoms with Crippen LogP contribution >= 0.6 is 0 Å². The molecule has 13 heteroatoms. The van der Waals surface area contributed by atoms with Crippen molar-refractivity contribution in [2.75, 3.05) is 23.7 Å². The Kier molecular flexibility index (Phi) is 8.26. The van der Waals surface area contributed by atoms with Crippen molar-refractivity contribution in [1.29, 1.82) is 0 Å². The van der Waals surface area contributed by atoms with Crippen LogP contribution in [0.4, 0.5) is 20.7 Å². The predicted molar refractivity (Wildman–Crippen MR) is 157 cm³/mol. The largest absolute Gasteiger partial charge is 0.436 e. The number of para-hydroxylation sites is 1. The van der Waals surface area contributed by atoms with E-state index >= 15 is 4.39 Å². The molecule has 1 fully saturated rings. The highest BCUT2D eigenvalue weighted by Gasteiger charge is 2.27. The lowest BCUT2D eigenvalue weighted by Gasteiger charge is -2.22. The molecule has 224 valence electrons. The van der Waals surface area contributed by atoms with Gasteiger partial charge >= 0.3 is 6.03 Å². The maximum absolute atomic E-state index is 15.0. The number of likely N-dealkylation sites (tertiary alicyclic amines) is 1. The molecule has 2 aromatic heterocycles. The Morgan fingerprint density at radius 1 is 1.05 bits per heavy atom. The van der Waals surface area contributed by atoms with Crippen molar-refractivity contribution in [3.63, 3.8) is 0 Å². The monoisotopic (exact) mass is 589 g/mol. The lowest BCUT2D eigenvalue weighted by atomic mass is 10.1. The van der Waals surface area contributed by atoms with Crippen LogP contribution in [-0.4, -0.2) is 60.0 Å². The number of hydrogen-bond donors (Lipinski definition) is 3. The molecule has 5 rings (SSSR count). The Hall–Kier alpha value is -5.04. The molecule has 12 nitrogen and oxygen atoms in total. The minimum atomic E-state index is -1.18. The van der Waals surface area contributed by atoms with Crippen molar-refractivity contribution in [3.8, 4) is 17.3 Å². The summed E-state index contributed by atoms with van der Waals surface area (Å²) in [7, 11) is 0. The van der Waals surface area contributed by atoms with Gasteiger partial charge in [0.25, 0.3) is 11.5 Å². The van der Waals surface area contributed by atoms with E-state index in [0.717, 1.165) is 18.9 Å². The molecule has 0 radical (unpaired) electrons. The van der Waals surface area contributed by atoms with Gasteiger partial charge in [-0.3, -0.25) is 19.6 Å². The summed E-state index contributed by atoms with van der Waals surface area (Å²) in [4.78, 5) is 48.8. The van der Waals surface area contributed by atoms with Crippen molar-refractivity contribution >= 4 is 23.4 Å². The molecule has 1 aliphatic rings. The first kappa shape index (κ1) is 29.5. The fraction of sp³-hybridized carbons (Fsp3) is 0.300. The van der Waals surface area contributed by atoms with E-state index in [0.29, 0.717) is 24.5 Å². The number of nitrogens with zero attached hydrogens (tertiary/aromatic N) is 5. The van der Waals surface area contributed by atoms with Gasteiger partial charge in [-0.1, -0.05) is 18.2 Å². The molecule has 4 aromatic rings. The third-order valence-electron chi connectivity index (χ3n) is 6.84. The highest BCUT2D eigenvalue weighted by molar-refractivity contribution is 6.05. The van der Waals surface area contributed by atoms with Crippen LogP contribution in [0.3, 0.4) is 0 Å². The number of carbonyl (C=O) groups excluding carboxylic acids is 2. The molecule has 43 heavy (non-hydrogen) atoms. The Labute approximate surface area is 246 Å². The van der Waals surface area contributed by atoms with Gasteiger partial charge in [0.2, 0.25) is 5.88 Å². The van der Waals surface area contributed by atoms with Gasteiger partial charge in [0, 0.05) is 30.9 Å². The predicted octanol–water partition coefficient (Wildman–Crippen LogP) is 4.32. The quantitative estimate of drug-likeness (QED) is 0.278. The lowest BCUT2D eigenvalue weighted by Crippen LogP contribution is -2.32. The Morgan fingerprint density at radius 3 is 2.44 bits per heavy atom. The Bertz CT molecular complexity index is 1710. The zero-order chi connectivity index (χ0) is 30.7. The molecule has 2 aromatic carbocycles. The molecule has 3 heterocycles. The van der Waals surface area contributed by atoms with Crippen molar-refractivity contribution in [1.82, 2.24) is 24.2 Å². The van der Waals surface area contributed by atoms with E-state index in [1.165, 1.54) is 29.2 Å². The van der Waals surface area contributed by atoms with Crippen molar-refractivity contribution in [2.24, 2.45) is 0 Å². The highest BCUT2D eigenvalue weighted by Crippen LogP contribution is 2.27. The number of anilines is 2. The summed E-state index contributed by atoms with van der Waals surface area (Å²) in [5.41, 5.74) is -0.944. The van der Waals surface area contributed by atoms with Crippen LogP contribution in [0.5, 0.6) is 11.6 Å². The van der Waals surface area contributed by atoms with Crippen LogP contribution in [-0.2, 0) is 6.54 Å². The molecule has 0 bridgehead atoms. The van der Waals surface area contributed by atoms with Crippen LogP contribution in [0.25, 0.3) is 5.69 Å². The van der Waals surface area contributed by atoms with Crippen LogP contribution in [0.2, 0.25) is 0 Å². The summed E-state index contributed by atoms with van der Waals surface area (Å²) >= 11 is 0. The summed E-state index contributed by atoms with van der Waals surface area (Å²) in [5, 5.41) is 15.7.